The van der Waals surface area contributed by atoms with E-state index in [0.29, 0.717) is 19.3 Å². The van der Waals surface area contributed by atoms with Gasteiger partial charge in [0.1, 0.15) is 6.61 Å². The van der Waals surface area contributed by atoms with Crippen LogP contribution in [0, 0.1) is 0 Å². The summed E-state index contributed by atoms with van der Waals surface area (Å²) >= 11 is 4.52. The van der Waals surface area contributed by atoms with Crippen LogP contribution in [-0.2, 0) is 23.9 Å². The molecule has 0 saturated carbocycles. The number of unbranched alkanes of at least 4 members (excludes halogenated alkanes) is 2. The molecule has 0 saturated heterocycles. The van der Waals surface area contributed by atoms with Gasteiger partial charge in [0.15, 0.2) is 10.9 Å². The van der Waals surface area contributed by atoms with Gasteiger partial charge in [0, 0.05) is 12.8 Å². The van der Waals surface area contributed by atoms with Crippen LogP contribution in [0.2, 0.25) is 0 Å². The second-order valence-corrected chi connectivity index (χ2v) is 5.17. The highest BCUT2D eigenvalue weighted by atomic mass is 32.1. The third-order valence-electron chi connectivity index (χ3n) is 2.76. The van der Waals surface area contributed by atoms with E-state index in [2.05, 4.69) is 24.1 Å². The zero-order valence-corrected chi connectivity index (χ0v) is 14.0. The first-order chi connectivity index (χ1) is 11.0. The molecule has 0 aliphatic carbocycles. The first kappa shape index (κ1) is 21.2. The number of rotatable bonds is 13. The van der Waals surface area contributed by atoms with Gasteiger partial charge >= 0.3 is 5.97 Å². The molecule has 0 aromatic heterocycles. The van der Waals surface area contributed by atoms with E-state index in [1.54, 1.807) is 0 Å². The highest BCUT2D eigenvalue weighted by Crippen LogP contribution is 2.05. The maximum Gasteiger partial charge on any atom is 0.305 e. The van der Waals surface area contributed by atoms with E-state index in [1.807, 2.05) is 0 Å². The number of ether oxygens (including phenoxy) is 2. The second kappa shape index (κ2) is 13.8. The van der Waals surface area contributed by atoms with Crippen molar-refractivity contribution in [1.29, 1.82) is 0 Å². The standard InChI is InChI=1S/C15H24N2O5S/c1-2-12(18)6-4-3-5-7-14(20)22-11-10-21-9-8-13(19)17-15(16)23/h2H,1,3-11H2,(H3,16,17,19,23). The second-order valence-electron chi connectivity index (χ2n) is 4.73. The van der Waals surface area contributed by atoms with Crippen molar-refractivity contribution in [2.24, 2.45) is 5.73 Å². The number of ketones is 1. The number of hydrogen-bond acceptors (Lipinski definition) is 6. The van der Waals surface area contributed by atoms with E-state index in [0.717, 1.165) is 12.8 Å². The zero-order valence-electron chi connectivity index (χ0n) is 13.2. The van der Waals surface area contributed by atoms with Crippen LogP contribution in [0.3, 0.4) is 0 Å². The van der Waals surface area contributed by atoms with E-state index in [9.17, 15) is 14.4 Å². The summed E-state index contributed by atoms with van der Waals surface area (Å²) in [7, 11) is 0. The van der Waals surface area contributed by atoms with Crippen LogP contribution >= 0.6 is 12.2 Å². The molecule has 0 unspecified atom stereocenters. The van der Waals surface area contributed by atoms with Gasteiger partial charge in [-0.2, -0.15) is 0 Å². The minimum atomic E-state index is -0.315. The van der Waals surface area contributed by atoms with Crippen molar-refractivity contribution in [3.05, 3.63) is 12.7 Å². The Balaban J connectivity index is 3.40. The van der Waals surface area contributed by atoms with Crippen LogP contribution in [0.1, 0.15) is 38.5 Å². The number of nitrogens with one attached hydrogen (secondary N) is 1. The largest absolute Gasteiger partial charge is 0.463 e. The molecule has 0 aliphatic rings. The molecular weight excluding hydrogens is 320 g/mol. The molecule has 0 heterocycles. The maximum atomic E-state index is 11.4. The Morgan fingerprint density at radius 2 is 1.74 bits per heavy atom. The lowest BCUT2D eigenvalue weighted by Crippen LogP contribution is -2.35. The molecule has 0 atom stereocenters. The summed E-state index contributed by atoms with van der Waals surface area (Å²) in [6.07, 6.45) is 4.45. The summed E-state index contributed by atoms with van der Waals surface area (Å²) in [5.41, 5.74) is 5.14. The molecule has 0 aromatic rings. The molecule has 0 aliphatic heterocycles. The SMILES string of the molecule is C=CC(=O)CCCCCC(=O)OCCOCCC(=O)NC(N)=S. The van der Waals surface area contributed by atoms with Gasteiger partial charge in [-0.15, -0.1) is 0 Å². The van der Waals surface area contributed by atoms with E-state index in [-0.39, 0.29) is 49.0 Å². The third-order valence-corrected chi connectivity index (χ3v) is 2.86. The number of amides is 1. The summed E-state index contributed by atoms with van der Waals surface area (Å²) in [5.74, 6) is -0.592. The summed E-state index contributed by atoms with van der Waals surface area (Å²) in [6.45, 7) is 3.96. The topological polar surface area (TPSA) is 108 Å². The summed E-state index contributed by atoms with van der Waals surface area (Å²) in [5, 5.41) is 2.20. The molecule has 7 nitrogen and oxygen atoms in total. The Morgan fingerprint density at radius 3 is 2.39 bits per heavy atom. The normalized spacial score (nSPS) is 9.91. The van der Waals surface area contributed by atoms with Crippen LogP contribution in [0.25, 0.3) is 0 Å². The summed E-state index contributed by atoms with van der Waals surface area (Å²) in [6, 6.07) is 0. The monoisotopic (exact) mass is 344 g/mol. The number of carbonyl (C=O) groups is 3. The van der Waals surface area contributed by atoms with Crippen LogP contribution in [0.5, 0.6) is 0 Å². The Bertz CT molecular complexity index is 426. The van der Waals surface area contributed by atoms with Crippen LogP contribution in [0.15, 0.2) is 12.7 Å². The minimum absolute atomic E-state index is 0.0201. The van der Waals surface area contributed by atoms with Gasteiger partial charge in [0.05, 0.1) is 19.6 Å². The quantitative estimate of drug-likeness (QED) is 0.222. The number of nitrogens with two attached hydrogens (primary N) is 1. The van der Waals surface area contributed by atoms with Crippen molar-refractivity contribution < 1.29 is 23.9 Å². The highest BCUT2D eigenvalue weighted by molar-refractivity contribution is 7.80. The van der Waals surface area contributed by atoms with Crippen molar-refractivity contribution in [3.8, 4) is 0 Å². The molecule has 3 N–H and O–H groups in total. The smallest absolute Gasteiger partial charge is 0.305 e. The Hall–Kier alpha value is -1.80. The molecule has 1 amide bonds. The molecule has 8 heteroatoms. The predicted octanol–water partition coefficient (Wildman–Crippen LogP) is 1.00. The van der Waals surface area contributed by atoms with Gasteiger partial charge in [0.2, 0.25) is 5.91 Å². The molecule has 0 rings (SSSR count). The van der Waals surface area contributed by atoms with Crippen molar-refractivity contribution in [2.75, 3.05) is 19.8 Å². The average molecular weight is 344 g/mol. The van der Waals surface area contributed by atoms with E-state index >= 15 is 0 Å². The van der Waals surface area contributed by atoms with Crippen molar-refractivity contribution in [3.63, 3.8) is 0 Å². The van der Waals surface area contributed by atoms with Crippen molar-refractivity contribution in [1.82, 2.24) is 5.32 Å². The van der Waals surface area contributed by atoms with E-state index in [1.165, 1.54) is 6.08 Å². The van der Waals surface area contributed by atoms with Crippen molar-refractivity contribution in [2.45, 2.75) is 38.5 Å². The zero-order chi connectivity index (χ0) is 17.5. The molecule has 23 heavy (non-hydrogen) atoms. The maximum absolute atomic E-state index is 11.4. The van der Waals surface area contributed by atoms with Crippen LogP contribution in [0.4, 0.5) is 0 Å². The first-order valence-corrected chi connectivity index (χ1v) is 7.84. The van der Waals surface area contributed by atoms with Crippen molar-refractivity contribution >= 4 is 35.0 Å². The molecule has 0 radical (unpaired) electrons. The molecule has 130 valence electrons. The Morgan fingerprint density at radius 1 is 1.04 bits per heavy atom. The van der Waals surface area contributed by atoms with Gasteiger partial charge in [-0.25, -0.2) is 0 Å². The highest BCUT2D eigenvalue weighted by Gasteiger charge is 2.04. The fourth-order valence-corrected chi connectivity index (χ4v) is 1.71. The Labute approximate surface area is 141 Å². The lowest BCUT2D eigenvalue weighted by atomic mass is 10.1. The number of thiocarbonyl (C=S) groups is 1. The molecule has 0 aromatic carbocycles. The van der Waals surface area contributed by atoms with Gasteiger partial charge in [-0.3, -0.25) is 14.4 Å². The third kappa shape index (κ3) is 14.9. The number of esters is 1. The van der Waals surface area contributed by atoms with Gasteiger partial charge in [-0.1, -0.05) is 13.0 Å². The molecule has 0 bridgehead atoms. The summed E-state index contributed by atoms with van der Waals surface area (Å²) < 4.78 is 10.1. The van der Waals surface area contributed by atoms with E-state index < -0.39 is 0 Å². The minimum Gasteiger partial charge on any atom is -0.463 e. The fraction of sp³-hybridized carbons (Fsp3) is 0.600. The van der Waals surface area contributed by atoms with Crippen LogP contribution in [-0.4, -0.2) is 42.6 Å². The summed E-state index contributed by atoms with van der Waals surface area (Å²) in [4.78, 5) is 33.5. The fourth-order valence-electron chi connectivity index (χ4n) is 1.60. The van der Waals surface area contributed by atoms with Gasteiger partial charge in [-0.05, 0) is 31.1 Å². The molecule has 0 spiro atoms. The lowest BCUT2D eigenvalue weighted by molar-refractivity contribution is -0.145. The average Bonchev–Trinajstić information content (AvgIpc) is 2.49. The number of hydrogen-bond donors (Lipinski definition) is 2. The molecule has 0 fully saturated rings. The van der Waals surface area contributed by atoms with Gasteiger partial charge < -0.3 is 20.5 Å². The van der Waals surface area contributed by atoms with E-state index in [4.69, 9.17) is 15.2 Å². The Kier molecular flexibility index (Phi) is 12.8. The lowest BCUT2D eigenvalue weighted by Gasteiger charge is -2.06. The predicted molar refractivity (Wildman–Crippen MR) is 89.6 cm³/mol. The molecular formula is C15H24N2O5S. The van der Waals surface area contributed by atoms with Crippen LogP contribution < -0.4 is 11.1 Å². The van der Waals surface area contributed by atoms with Gasteiger partial charge in [0.25, 0.3) is 0 Å². The first-order valence-electron chi connectivity index (χ1n) is 7.43. The number of allylic oxidation sites excluding steroid dienone is 1. The number of carbonyl (C=O) groups excluding carboxylic acids is 3.